The summed E-state index contributed by atoms with van der Waals surface area (Å²) in [5, 5.41) is 5.78. The molecule has 1 aliphatic heterocycles. The molecule has 0 bridgehead atoms. The molecule has 186 valence electrons. The van der Waals surface area contributed by atoms with Crippen molar-refractivity contribution in [3.8, 4) is 11.1 Å². The second kappa shape index (κ2) is 10.3. The minimum Gasteiger partial charge on any atom is -0.320 e. The first-order chi connectivity index (χ1) is 16.5. The molecule has 1 aromatic heterocycles. The monoisotopic (exact) mass is 543 g/mol. The van der Waals surface area contributed by atoms with E-state index in [0.29, 0.717) is 28.6 Å². The zero-order valence-electron chi connectivity index (χ0n) is 18.3. The molecule has 0 aliphatic carbocycles. The smallest absolute Gasteiger partial charge is 0.320 e. The molecule has 0 saturated carbocycles. The molecular formula is C23H21ClF3N3O3S2. The largest absolute Gasteiger partial charge is 0.404 e. The number of carbonyl (C=O) groups excluding carboxylic acids is 1. The predicted octanol–water partition coefficient (Wildman–Crippen LogP) is 5.79. The minimum absolute atomic E-state index is 0.0152. The first-order valence-corrected chi connectivity index (χ1v) is 13.5. The van der Waals surface area contributed by atoms with Gasteiger partial charge in [0.1, 0.15) is 5.69 Å². The number of anilines is 1. The molecule has 0 atom stereocenters. The molecule has 12 heteroatoms. The van der Waals surface area contributed by atoms with Gasteiger partial charge in [-0.2, -0.15) is 13.2 Å². The van der Waals surface area contributed by atoms with Gasteiger partial charge in [0.05, 0.1) is 5.01 Å². The van der Waals surface area contributed by atoms with Crippen LogP contribution < -0.4 is 5.32 Å². The first kappa shape index (κ1) is 25.6. The van der Waals surface area contributed by atoms with Gasteiger partial charge in [0.25, 0.3) is 5.91 Å². The van der Waals surface area contributed by atoms with Crippen LogP contribution in [0.2, 0.25) is 5.02 Å². The average molecular weight is 544 g/mol. The van der Waals surface area contributed by atoms with Crippen LogP contribution in [0.3, 0.4) is 0 Å². The number of nitrogens with one attached hydrogen (secondary N) is 1. The number of hydrogen-bond acceptors (Lipinski definition) is 5. The molecule has 1 fully saturated rings. The first-order valence-electron chi connectivity index (χ1n) is 10.7. The molecule has 0 spiro atoms. The highest BCUT2D eigenvalue weighted by Gasteiger charge is 2.39. The van der Waals surface area contributed by atoms with Crippen molar-refractivity contribution in [2.45, 2.75) is 24.9 Å². The van der Waals surface area contributed by atoms with E-state index in [2.05, 4.69) is 10.3 Å². The van der Waals surface area contributed by atoms with Crippen LogP contribution in [0.5, 0.6) is 0 Å². The lowest BCUT2D eigenvalue weighted by Crippen LogP contribution is -2.42. The third kappa shape index (κ3) is 6.40. The fourth-order valence-electron chi connectivity index (χ4n) is 3.92. The summed E-state index contributed by atoms with van der Waals surface area (Å²) in [7, 11) is -4.40. The van der Waals surface area contributed by atoms with Crippen molar-refractivity contribution in [2.75, 3.05) is 24.2 Å². The topological polar surface area (TPSA) is 79.4 Å². The van der Waals surface area contributed by atoms with Crippen molar-refractivity contribution in [2.24, 2.45) is 0 Å². The van der Waals surface area contributed by atoms with Crippen LogP contribution in [0.25, 0.3) is 11.1 Å². The maximum atomic E-state index is 12.9. The molecule has 1 saturated heterocycles. The van der Waals surface area contributed by atoms with Crippen molar-refractivity contribution in [3.63, 3.8) is 0 Å². The Kier molecular flexibility index (Phi) is 7.51. The quantitative estimate of drug-likeness (QED) is 0.427. The Morgan fingerprint density at radius 1 is 1.11 bits per heavy atom. The number of alkyl halides is 3. The summed E-state index contributed by atoms with van der Waals surface area (Å²) in [6.45, 7) is -0.0304. The van der Waals surface area contributed by atoms with Crippen LogP contribution in [0.4, 0.5) is 18.9 Å². The summed E-state index contributed by atoms with van der Waals surface area (Å²) in [5.74, 6) is -2.37. The standard InChI is InChI=1S/C23H21ClF3N3O3S2/c24-17-7-5-15(6-8-17)18-3-1-2-4-19(18)28-21(31)20-13-34-22(29-20)16-9-11-30(12-10-16)35(32,33)14-23(25,26)27/h1-8,13,16H,9-12,14H2,(H,28,31). The number of para-hydroxylation sites is 1. The van der Waals surface area contributed by atoms with Crippen LogP contribution in [-0.2, 0) is 10.0 Å². The van der Waals surface area contributed by atoms with Crippen molar-refractivity contribution < 1.29 is 26.4 Å². The number of carbonyl (C=O) groups is 1. The molecule has 2 aromatic carbocycles. The van der Waals surface area contributed by atoms with E-state index in [1.807, 2.05) is 30.3 Å². The van der Waals surface area contributed by atoms with Gasteiger partial charge in [-0.25, -0.2) is 17.7 Å². The molecule has 3 aromatic rings. The lowest BCUT2D eigenvalue weighted by Gasteiger charge is -2.30. The van der Waals surface area contributed by atoms with Gasteiger partial charge < -0.3 is 5.32 Å². The predicted molar refractivity (Wildman–Crippen MR) is 130 cm³/mol. The Morgan fingerprint density at radius 3 is 2.43 bits per heavy atom. The Labute approximate surface area is 209 Å². The van der Waals surface area contributed by atoms with Gasteiger partial charge in [0, 0.05) is 40.7 Å². The van der Waals surface area contributed by atoms with Gasteiger partial charge in [0.15, 0.2) is 5.75 Å². The van der Waals surface area contributed by atoms with Gasteiger partial charge in [-0.15, -0.1) is 11.3 Å². The van der Waals surface area contributed by atoms with Crippen LogP contribution >= 0.6 is 22.9 Å². The van der Waals surface area contributed by atoms with E-state index < -0.39 is 22.0 Å². The zero-order valence-corrected chi connectivity index (χ0v) is 20.6. The number of rotatable bonds is 6. The van der Waals surface area contributed by atoms with E-state index >= 15 is 0 Å². The number of halogens is 4. The van der Waals surface area contributed by atoms with Crippen molar-refractivity contribution in [3.05, 3.63) is 69.6 Å². The Hall–Kier alpha value is -2.47. The summed E-state index contributed by atoms with van der Waals surface area (Å²) in [5.41, 5.74) is 2.54. The molecule has 1 amide bonds. The van der Waals surface area contributed by atoms with E-state index in [9.17, 15) is 26.4 Å². The van der Waals surface area contributed by atoms with E-state index in [4.69, 9.17) is 11.6 Å². The molecule has 2 heterocycles. The normalized spacial score (nSPS) is 15.8. The van der Waals surface area contributed by atoms with Crippen LogP contribution in [0.15, 0.2) is 53.9 Å². The zero-order chi connectivity index (χ0) is 25.2. The number of benzene rings is 2. The van der Waals surface area contributed by atoms with Gasteiger partial charge in [0.2, 0.25) is 10.0 Å². The van der Waals surface area contributed by atoms with Crippen LogP contribution in [0, 0.1) is 0 Å². The fraction of sp³-hybridized carbons (Fsp3) is 0.304. The molecule has 1 N–H and O–H groups in total. The third-order valence-corrected chi connectivity index (χ3v) is 8.73. The molecule has 4 rings (SSSR count). The molecule has 0 unspecified atom stereocenters. The van der Waals surface area contributed by atoms with E-state index in [1.165, 1.54) is 11.3 Å². The summed E-state index contributed by atoms with van der Waals surface area (Å²) in [6.07, 6.45) is -4.10. The van der Waals surface area contributed by atoms with Crippen molar-refractivity contribution in [1.82, 2.24) is 9.29 Å². The second-order valence-corrected chi connectivity index (χ2v) is 11.4. The highest BCUT2D eigenvalue weighted by molar-refractivity contribution is 7.89. The number of piperidine rings is 1. The fourth-order valence-corrected chi connectivity index (χ4v) is 6.38. The second-order valence-electron chi connectivity index (χ2n) is 8.12. The number of amides is 1. The van der Waals surface area contributed by atoms with E-state index in [1.54, 1.807) is 23.6 Å². The maximum absolute atomic E-state index is 12.9. The van der Waals surface area contributed by atoms with Crippen LogP contribution in [0.1, 0.15) is 34.3 Å². The number of thiazole rings is 1. The molecule has 6 nitrogen and oxygen atoms in total. The van der Waals surface area contributed by atoms with Gasteiger partial charge in [-0.05, 0) is 36.6 Å². The number of hydrogen-bond donors (Lipinski definition) is 1. The van der Waals surface area contributed by atoms with Crippen molar-refractivity contribution >= 4 is 44.6 Å². The lowest BCUT2D eigenvalue weighted by molar-refractivity contribution is -0.107. The Bertz CT molecular complexity index is 1300. The van der Waals surface area contributed by atoms with Gasteiger partial charge in [-0.1, -0.05) is 41.9 Å². The summed E-state index contributed by atoms with van der Waals surface area (Å²) in [4.78, 5) is 17.3. The number of nitrogens with zero attached hydrogens (tertiary/aromatic N) is 2. The summed E-state index contributed by atoms with van der Waals surface area (Å²) < 4.78 is 62.6. The highest BCUT2D eigenvalue weighted by atomic mass is 35.5. The lowest BCUT2D eigenvalue weighted by atomic mass is 9.99. The summed E-state index contributed by atoms with van der Waals surface area (Å²) in [6, 6.07) is 14.6. The van der Waals surface area contributed by atoms with E-state index in [0.717, 1.165) is 15.4 Å². The Balaban J connectivity index is 1.41. The number of sulfonamides is 1. The van der Waals surface area contributed by atoms with Gasteiger partial charge >= 0.3 is 6.18 Å². The molecule has 1 aliphatic rings. The maximum Gasteiger partial charge on any atom is 0.404 e. The van der Waals surface area contributed by atoms with Gasteiger partial charge in [-0.3, -0.25) is 4.79 Å². The average Bonchev–Trinajstić information content (AvgIpc) is 3.29. The highest BCUT2D eigenvalue weighted by Crippen LogP contribution is 2.33. The molecular weight excluding hydrogens is 523 g/mol. The van der Waals surface area contributed by atoms with Crippen molar-refractivity contribution in [1.29, 1.82) is 0 Å². The molecule has 0 radical (unpaired) electrons. The molecule has 35 heavy (non-hydrogen) atoms. The van der Waals surface area contributed by atoms with E-state index in [-0.39, 0.29) is 30.6 Å². The summed E-state index contributed by atoms with van der Waals surface area (Å²) >= 11 is 7.25. The Morgan fingerprint density at radius 2 is 1.77 bits per heavy atom. The third-order valence-electron chi connectivity index (χ3n) is 5.63. The SMILES string of the molecule is O=C(Nc1ccccc1-c1ccc(Cl)cc1)c1csc(C2CCN(S(=O)(=O)CC(F)(F)F)CC2)n1. The van der Waals surface area contributed by atoms with Crippen LogP contribution in [-0.4, -0.2) is 48.6 Å². The number of aromatic nitrogens is 1. The minimum atomic E-state index is -4.78.